The Morgan fingerprint density at radius 1 is 0.906 bits per heavy atom. The topological polar surface area (TPSA) is 84.9 Å². The number of nitrogens with one attached hydrogen (secondary N) is 1. The molecule has 0 heterocycles. The van der Waals surface area contributed by atoms with E-state index in [0.29, 0.717) is 31.2 Å². The number of carbonyl (C=O) groups excluding carboxylic acids is 1. The number of rotatable bonds is 10. The minimum absolute atomic E-state index is 0.0930. The first-order valence-electron chi connectivity index (χ1n) is 10.6. The van der Waals surface area contributed by atoms with Crippen LogP contribution in [0.1, 0.15) is 20.8 Å². The fourth-order valence-corrected chi connectivity index (χ4v) is 4.84. The Balaban J connectivity index is 1.77. The second kappa shape index (κ2) is 10.5. The van der Waals surface area contributed by atoms with Gasteiger partial charge in [-0.2, -0.15) is 4.31 Å². The molecule has 0 fully saturated rings. The second-order valence-corrected chi connectivity index (χ2v) is 8.96. The number of carbonyl (C=O) groups is 1. The number of ether oxygens (including phenoxy) is 2. The number of benzene rings is 3. The van der Waals surface area contributed by atoms with Crippen LogP contribution in [0.5, 0.6) is 11.5 Å². The predicted octanol–water partition coefficient (Wildman–Crippen LogP) is 4.29. The van der Waals surface area contributed by atoms with Crippen LogP contribution in [0.2, 0.25) is 0 Å². The minimum Gasteiger partial charge on any atom is -0.492 e. The summed E-state index contributed by atoms with van der Waals surface area (Å²) in [7, 11) is -3.67. The molecule has 1 N–H and O–H groups in total. The zero-order valence-electron chi connectivity index (χ0n) is 18.5. The van der Waals surface area contributed by atoms with E-state index in [1.807, 2.05) is 43.3 Å². The summed E-state index contributed by atoms with van der Waals surface area (Å²) in [5, 5.41) is 4.81. The second-order valence-electron chi connectivity index (χ2n) is 7.03. The smallest absolute Gasteiger partial charge is 0.262 e. The van der Waals surface area contributed by atoms with Crippen molar-refractivity contribution in [2.24, 2.45) is 0 Å². The highest BCUT2D eigenvalue weighted by atomic mass is 32.2. The van der Waals surface area contributed by atoms with Crippen LogP contribution < -0.4 is 14.8 Å². The summed E-state index contributed by atoms with van der Waals surface area (Å²) in [4.78, 5) is 12.7. The van der Waals surface area contributed by atoms with E-state index in [4.69, 9.17) is 9.47 Å². The van der Waals surface area contributed by atoms with Gasteiger partial charge in [0.05, 0.1) is 17.2 Å². The fraction of sp³-hybridized carbons (Fsp3) is 0.292. The van der Waals surface area contributed by atoms with E-state index in [1.54, 1.807) is 26.0 Å². The molecule has 0 radical (unpaired) electrons. The van der Waals surface area contributed by atoms with Gasteiger partial charge in [-0.25, -0.2) is 8.42 Å². The largest absolute Gasteiger partial charge is 0.492 e. The number of hydrogen-bond acceptors (Lipinski definition) is 5. The van der Waals surface area contributed by atoms with Crippen LogP contribution in [0.15, 0.2) is 65.6 Å². The summed E-state index contributed by atoms with van der Waals surface area (Å²) in [6, 6.07) is 17.9. The molecule has 0 aromatic heterocycles. The van der Waals surface area contributed by atoms with Crippen molar-refractivity contribution in [2.45, 2.75) is 25.7 Å². The maximum atomic E-state index is 12.9. The average Bonchev–Trinajstić information content (AvgIpc) is 2.79. The van der Waals surface area contributed by atoms with Gasteiger partial charge in [-0.05, 0) is 48.0 Å². The lowest BCUT2D eigenvalue weighted by atomic mass is 10.1. The number of amides is 1. The third-order valence-electron chi connectivity index (χ3n) is 4.96. The molecular formula is C24H28N2O5S. The Morgan fingerprint density at radius 2 is 1.62 bits per heavy atom. The zero-order valence-corrected chi connectivity index (χ0v) is 19.3. The first-order valence-corrected chi connectivity index (χ1v) is 12.0. The first kappa shape index (κ1) is 23.6. The molecular weight excluding hydrogens is 428 g/mol. The Labute approximate surface area is 189 Å². The SMILES string of the molecule is CCOc1ccc(S(=O)(=O)N(CC)CC)cc1NC(=O)COc1ccc2ccccc2c1. The summed E-state index contributed by atoms with van der Waals surface area (Å²) in [6.07, 6.45) is 0. The summed E-state index contributed by atoms with van der Waals surface area (Å²) < 4.78 is 38.3. The maximum Gasteiger partial charge on any atom is 0.262 e. The van der Waals surface area contributed by atoms with E-state index in [-0.39, 0.29) is 17.2 Å². The number of sulfonamides is 1. The highest BCUT2D eigenvalue weighted by Crippen LogP contribution is 2.29. The lowest BCUT2D eigenvalue weighted by Crippen LogP contribution is -2.30. The van der Waals surface area contributed by atoms with E-state index in [2.05, 4.69) is 5.32 Å². The lowest BCUT2D eigenvalue weighted by molar-refractivity contribution is -0.118. The van der Waals surface area contributed by atoms with Crippen molar-refractivity contribution in [3.8, 4) is 11.5 Å². The molecule has 3 aromatic carbocycles. The highest BCUT2D eigenvalue weighted by molar-refractivity contribution is 7.89. The molecule has 1 amide bonds. The molecule has 0 atom stereocenters. The van der Waals surface area contributed by atoms with Gasteiger partial charge in [-0.3, -0.25) is 4.79 Å². The molecule has 0 spiro atoms. The van der Waals surface area contributed by atoms with Crippen LogP contribution >= 0.6 is 0 Å². The van der Waals surface area contributed by atoms with Gasteiger partial charge in [0, 0.05) is 13.1 Å². The molecule has 170 valence electrons. The maximum absolute atomic E-state index is 12.9. The molecule has 0 aliphatic rings. The minimum atomic E-state index is -3.67. The summed E-state index contributed by atoms with van der Waals surface area (Å²) in [5.41, 5.74) is 0.284. The van der Waals surface area contributed by atoms with Gasteiger partial charge >= 0.3 is 0 Å². The van der Waals surface area contributed by atoms with Gasteiger partial charge in [0.25, 0.3) is 5.91 Å². The Bertz CT molecular complexity index is 1190. The van der Waals surface area contributed by atoms with Gasteiger partial charge in [0.2, 0.25) is 10.0 Å². The third kappa shape index (κ3) is 5.38. The van der Waals surface area contributed by atoms with Crippen LogP contribution in [0.25, 0.3) is 10.8 Å². The van der Waals surface area contributed by atoms with Crippen molar-refractivity contribution in [2.75, 3.05) is 31.6 Å². The summed E-state index contributed by atoms with van der Waals surface area (Å²) >= 11 is 0. The number of nitrogens with zero attached hydrogens (tertiary/aromatic N) is 1. The molecule has 0 bridgehead atoms. The molecule has 0 aliphatic carbocycles. The summed E-state index contributed by atoms with van der Waals surface area (Å²) in [5.74, 6) is 0.545. The molecule has 3 aromatic rings. The van der Waals surface area contributed by atoms with Gasteiger partial charge in [-0.15, -0.1) is 0 Å². The van der Waals surface area contributed by atoms with Crippen LogP contribution in [0.3, 0.4) is 0 Å². The monoisotopic (exact) mass is 456 g/mol. The highest BCUT2D eigenvalue weighted by Gasteiger charge is 2.23. The molecule has 0 unspecified atom stereocenters. The van der Waals surface area contributed by atoms with Gasteiger partial charge in [-0.1, -0.05) is 44.2 Å². The Morgan fingerprint density at radius 3 is 2.31 bits per heavy atom. The van der Waals surface area contributed by atoms with Crippen LogP contribution in [-0.4, -0.2) is 44.9 Å². The number of fused-ring (bicyclic) bond motifs is 1. The first-order chi connectivity index (χ1) is 15.4. The molecule has 0 saturated heterocycles. The molecule has 8 heteroatoms. The van der Waals surface area contributed by atoms with E-state index in [1.165, 1.54) is 16.4 Å². The van der Waals surface area contributed by atoms with Crippen molar-refractivity contribution < 1.29 is 22.7 Å². The van der Waals surface area contributed by atoms with E-state index < -0.39 is 15.9 Å². The number of hydrogen-bond donors (Lipinski definition) is 1. The van der Waals surface area contributed by atoms with Gasteiger partial charge in [0.1, 0.15) is 11.5 Å². The van der Waals surface area contributed by atoms with Crippen LogP contribution in [0, 0.1) is 0 Å². The molecule has 3 rings (SSSR count). The van der Waals surface area contributed by atoms with Crippen molar-refractivity contribution >= 4 is 32.4 Å². The Kier molecular flexibility index (Phi) is 7.71. The van der Waals surface area contributed by atoms with E-state index in [0.717, 1.165) is 10.8 Å². The van der Waals surface area contributed by atoms with Gasteiger partial charge < -0.3 is 14.8 Å². The predicted molar refractivity (Wildman–Crippen MR) is 126 cm³/mol. The van der Waals surface area contributed by atoms with Crippen molar-refractivity contribution in [1.29, 1.82) is 0 Å². The standard InChI is InChI=1S/C24H28N2O5S/c1-4-26(5-2)32(28,29)21-13-14-23(30-6-3)22(16-21)25-24(27)17-31-20-12-11-18-9-7-8-10-19(18)15-20/h7-16H,4-6,17H2,1-3H3,(H,25,27). The molecule has 0 saturated carbocycles. The van der Waals surface area contributed by atoms with Crippen LogP contribution in [-0.2, 0) is 14.8 Å². The fourth-order valence-electron chi connectivity index (χ4n) is 3.35. The van der Waals surface area contributed by atoms with Crippen molar-refractivity contribution in [3.05, 3.63) is 60.7 Å². The van der Waals surface area contributed by atoms with Gasteiger partial charge in [0.15, 0.2) is 6.61 Å². The number of anilines is 1. The lowest BCUT2D eigenvalue weighted by Gasteiger charge is -2.20. The average molecular weight is 457 g/mol. The summed E-state index contributed by atoms with van der Waals surface area (Å²) in [6.45, 7) is 6.23. The van der Waals surface area contributed by atoms with Crippen molar-refractivity contribution in [1.82, 2.24) is 4.31 Å². The third-order valence-corrected chi connectivity index (χ3v) is 7.00. The molecule has 32 heavy (non-hydrogen) atoms. The molecule has 7 nitrogen and oxygen atoms in total. The zero-order chi connectivity index (χ0) is 23.1. The van der Waals surface area contributed by atoms with Crippen LogP contribution in [0.4, 0.5) is 5.69 Å². The Hall–Kier alpha value is -3.10. The van der Waals surface area contributed by atoms with Crippen molar-refractivity contribution in [3.63, 3.8) is 0 Å². The van der Waals surface area contributed by atoms with E-state index in [9.17, 15) is 13.2 Å². The quantitative estimate of drug-likeness (QED) is 0.492. The van der Waals surface area contributed by atoms with E-state index >= 15 is 0 Å². The molecule has 0 aliphatic heterocycles. The normalized spacial score (nSPS) is 11.5.